The molecule has 6 heteroatoms. The Morgan fingerprint density at radius 1 is 1.05 bits per heavy atom. The molecule has 0 atom stereocenters. The quantitative estimate of drug-likeness (QED) is 0.769. The van der Waals surface area contributed by atoms with E-state index in [-0.39, 0.29) is 0 Å². The smallest absolute Gasteiger partial charge is 0.162 e. The van der Waals surface area contributed by atoms with Gasteiger partial charge in [0.2, 0.25) is 0 Å². The minimum Gasteiger partial charge on any atom is -0.497 e. The van der Waals surface area contributed by atoms with Crippen molar-refractivity contribution < 1.29 is 4.74 Å². The predicted octanol–water partition coefficient (Wildman–Crippen LogP) is 4.19. The van der Waals surface area contributed by atoms with Gasteiger partial charge in [-0.3, -0.25) is 0 Å². The first-order valence-corrected chi connectivity index (χ1v) is 6.91. The second kappa shape index (κ2) is 5.39. The summed E-state index contributed by atoms with van der Waals surface area (Å²) in [7, 11) is 1.61. The Morgan fingerprint density at radius 2 is 1.76 bits per heavy atom. The van der Waals surface area contributed by atoms with Crippen LogP contribution in [-0.2, 0) is 0 Å². The number of hydrogen-bond acceptors (Lipinski definition) is 4. The summed E-state index contributed by atoms with van der Waals surface area (Å²) in [4.78, 5) is 8.80. The van der Waals surface area contributed by atoms with Crippen LogP contribution in [0.3, 0.4) is 0 Å². The van der Waals surface area contributed by atoms with Gasteiger partial charge in [-0.05, 0) is 36.4 Å². The molecule has 0 spiro atoms. The van der Waals surface area contributed by atoms with E-state index >= 15 is 0 Å². The Labute approximate surface area is 131 Å². The Balaban J connectivity index is 2.19. The molecule has 106 valence electrons. The van der Waals surface area contributed by atoms with Gasteiger partial charge in [0.25, 0.3) is 0 Å². The zero-order valence-electron chi connectivity index (χ0n) is 11.1. The molecule has 3 aromatic rings. The third-order valence-electron chi connectivity index (χ3n) is 3.10. The summed E-state index contributed by atoms with van der Waals surface area (Å²) in [5, 5.41) is 1.59. The number of hydrogen-bond donors (Lipinski definition) is 1. The first-order valence-electron chi connectivity index (χ1n) is 6.15. The monoisotopic (exact) mass is 319 g/mol. The number of ether oxygens (including phenoxy) is 1. The van der Waals surface area contributed by atoms with Crippen molar-refractivity contribution in [2.45, 2.75) is 0 Å². The largest absolute Gasteiger partial charge is 0.497 e. The van der Waals surface area contributed by atoms with Gasteiger partial charge >= 0.3 is 0 Å². The molecule has 0 amide bonds. The Hall–Kier alpha value is -2.04. The van der Waals surface area contributed by atoms with Crippen molar-refractivity contribution in [2.24, 2.45) is 0 Å². The molecule has 0 radical (unpaired) electrons. The topological polar surface area (TPSA) is 61.0 Å². The van der Waals surface area contributed by atoms with Crippen LogP contribution in [-0.4, -0.2) is 17.1 Å². The number of fused-ring (bicyclic) bond motifs is 1. The van der Waals surface area contributed by atoms with Crippen LogP contribution in [0.1, 0.15) is 0 Å². The zero-order valence-corrected chi connectivity index (χ0v) is 12.6. The molecule has 0 bridgehead atoms. The van der Waals surface area contributed by atoms with E-state index in [1.807, 2.05) is 24.3 Å². The van der Waals surface area contributed by atoms with E-state index in [9.17, 15) is 0 Å². The van der Waals surface area contributed by atoms with Gasteiger partial charge in [-0.2, -0.15) is 0 Å². The van der Waals surface area contributed by atoms with Crippen LogP contribution in [0.2, 0.25) is 10.0 Å². The molecule has 3 rings (SSSR count). The Morgan fingerprint density at radius 3 is 2.43 bits per heavy atom. The van der Waals surface area contributed by atoms with E-state index in [0.717, 1.165) is 11.3 Å². The molecule has 0 aliphatic carbocycles. The number of nitrogens with zero attached hydrogens (tertiary/aromatic N) is 2. The predicted molar refractivity (Wildman–Crippen MR) is 86.0 cm³/mol. The Kier molecular flexibility index (Phi) is 3.57. The van der Waals surface area contributed by atoms with Gasteiger partial charge in [0, 0.05) is 16.0 Å². The average Bonchev–Trinajstić information content (AvgIpc) is 2.48. The summed E-state index contributed by atoms with van der Waals surface area (Å²) in [5.41, 5.74) is 7.41. The lowest BCUT2D eigenvalue weighted by atomic mass is 10.1. The van der Waals surface area contributed by atoms with Crippen molar-refractivity contribution >= 4 is 39.9 Å². The Bertz CT molecular complexity index is 819. The highest BCUT2D eigenvalue weighted by molar-refractivity contribution is 6.38. The summed E-state index contributed by atoms with van der Waals surface area (Å²) in [6, 6.07) is 10.7. The van der Waals surface area contributed by atoms with E-state index in [1.165, 1.54) is 0 Å². The molecule has 0 unspecified atom stereocenters. The first kappa shape index (κ1) is 13.9. The number of halogens is 2. The summed E-state index contributed by atoms with van der Waals surface area (Å²) < 4.78 is 5.13. The van der Waals surface area contributed by atoms with E-state index in [1.54, 1.807) is 19.2 Å². The molecule has 0 saturated carbocycles. The lowest BCUT2D eigenvalue weighted by molar-refractivity contribution is 0.415. The third kappa shape index (κ3) is 2.60. The van der Waals surface area contributed by atoms with Crippen LogP contribution >= 0.6 is 23.2 Å². The molecule has 0 aliphatic heterocycles. The molecular formula is C15H11Cl2N3O. The summed E-state index contributed by atoms with van der Waals surface area (Å²) >= 11 is 12.2. The minimum atomic E-state index is 0.343. The maximum atomic E-state index is 6.19. The fraction of sp³-hybridized carbons (Fsp3) is 0.0667. The fourth-order valence-corrected chi connectivity index (χ4v) is 2.58. The van der Waals surface area contributed by atoms with Gasteiger partial charge in [-0.1, -0.05) is 23.2 Å². The van der Waals surface area contributed by atoms with Gasteiger partial charge in [0.1, 0.15) is 11.6 Å². The van der Waals surface area contributed by atoms with Crippen molar-refractivity contribution in [1.82, 2.24) is 9.97 Å². The highest BCUT2D eigenvalue weighted by Crippen LogP contribution is 2.31. The molecule has 0 aliphatic rings. The van der Waals surface area contributed by atoms with Gasteiger partial charge in [0.15, 0.2) is 5.82 Å². The van der Waals surface area contributed by atoms with Gasteiger partial charge in [-0.25, -0.2) is 9.97 Å². The molecular weight excluding hydrogens is 309 g/mol. The second-order valence-electron chi connectivity index (χ2n) is 4.44. The summed E-state index contributed by atoms with van der Waals surface area (Å²) in [6.07, 6.45) is 0. The van der Waals surface area contributed by atoms with Crippen molar-refractivity contribution in [1.29, 1.82) is 0 Å². The lowest BCUT2D eigenvalue weighted by Crippen LogP contribution is -1.98. The SMILES string of the molecule is COc1ccc(-c2nc(N)c3cc(Cl)cc(Cl)c3n2)cc1. The number of methoxy groups -OCH3 is 1. The van der Waals surface area contributed by atoms with Crippen molar-refractivity contribution in [3.8, 4) is 17.1 Å². The zero-order chi connectivity index (χ0) is 15.0. The second-order valence-corrected chi connectivity index (χ2v) is 5.29. The standard InChI is InChI=1S/C15H11Cl2N3O/c1-21-10-4-2-8(3-5-10)15-19-13-11(14(18)20-15)6-9(16)7-12(13)17/h2-7H,1H3,(H2,18,19,20). The molecule has 0 saturated heterocycles. The molecule has 1 heterocycles. The van der Waals surface area contributed by atoms with E-state index in [2.05, 4.69) is 9.97 Å². The molecule has 4 nitrogen and oxygen atoms in total. The number of anilines is 1. The number of aromatic nitrogens is 2. The maximum Gasteiger partial charge on any atom is 0.162 e. The molecule has 2 N–H and O–H groups in total. The van der Waals surface area contributed by atoms with E-state index in [0.29, 0.717) is 32.6 Å². The van der Waals surface area contributed by atoms with Crippen LogP contribution in [0.25, 0.3) is 22.3 Å². The average molecular weight is 320 g/mol. The van der Waals surface area contributed by atoms with Crippen LogP contribution in [0.5, 0.6) is 5.75 Å². The normalized spacial score (nSPS) is 10.8. The molecule has 0 fully saturated rings. The molecule has 21 heavy (non-hydrogen) atoms. The number of benzene rings is 2. The third-order valence-corrected chi connectivity index (χ3v) is 3.60. The first-order chi connectivity index (χ1) is 10.1. The maximum absolute atomic E-state index is 6.19. The van der Waals surface area contributed by atoms with Crippen molar-refractivity contribution in [3.63, 3.8) is 0 Å². The van der Waals surface area contributed by atoms with Crippen LogP contribution in [0.15, 0.2) is 36.4 Å². The number of nitrogen functional groups attached to an aromatic ring is 1. The lowest BCUT2D eigenvalue weighted by Gasteiger charge is -2.08. The minimum absolute atomic E-state index is 0.343. The summed E-state index contributed by atoms with van der Waals surface area (Å²) in [5.74, 6) is 1.61. The fourth-order valence-electron chi connectivity index (χ4n) is 2.05. The summed E-state index contributed by atoms with van der Waals surface area (Å²) in [6.45, 7) is 0. The van der Waals surface area contributed by atoms with Gasteiger partial charge in [-0.15, -0.1) is 0 Å². The van der Waals surface area contributed by atoms with Crippen LogP contribution in [0.4, 0.5) is 5.82 Å². The van der Waals surface area contributed by atoms with Gasteiger partial charge in [0.05, 0.1) is 17.6 Å². The van der Waals surface area contributed by atoms with Crippen LogP contribution in [0, 0.1) is 0 Å². The number of rotatable bonds is 2. The van der Waals surface area contributed by atoms with Crippen molar-refractivity contribution in [2.75, 3.05) is 12.8 Å². The van der Waals surface area contributed by atoms with Crippen molar-refractivity contribution in [3.05, 3.63) is 46.4 Å². The van der Waals surface area contributed by atoms with E-state index < -0.39 is 0 Å². The van der Waals surface area contributed by atoms with Gasteiger partial charge < -0.3 is 10.5 Å². The van der Waals surface area contributed by atoms with E-state index in [4.69, 9.17) is 33.7 Å². The highest BCUT2D eigenvalue weighted by atomic mass is 35.5. The molecule has 2 aromatic carbocycles. The molecule has 1 aromatic heterocycles. The highest BCUT2D eigenvalue weighted by Gasteiger charge is 2.11. The number of nitrogens with two attached hydrogens (primary N) is 1. The van der Waals surface area contributed by atoms with Crippen LogP contribution < -0.4 is 10.5 Å².